The fourth-order valence-corrected chi connectivity index (χ4v) is 4.83. The predicted octanol–water partition coefficient (Wildman–Crippen LogP) is 4.69. The van der Waals surface area contributed by atoms with Crippen LogP contribution >= 0.6 is 0 Å². The zero-order valence-corrected chi connectivity index (χ0v) is 15.7. The molecule has 1 saturated heterocycles. The molecule has 1 aromatic heterocycles. The summed E-state index contributed by atoms with van der Waals surface area (Å²) < 4.78 is 105. The summed E-state index contributed by atoms with van der Waals surface area (Å²) in [5.41, 5.74) is -2.36. The third-order valence-corrected chi connectivity index (χ3v) is 6.71. The lowest BCUT2D eigenvalue weighted by atomic mass is 9.91. The molecule has 29 heavy (non-hydrogen) atoms. The lowest BCUT2D eigenvalue weighted by Crippen LogP contribution is -2.38. The van der Waals surface area contributed by atoms with Gasteiger partial charge in [0.05, 0.1) is 16.0 Å². The summed E-state index contributed by atoms with van der Waals surface area (Å²) >= 11 is 0. The summed E-state index contributed by atoms with van der Waals surface area (Å²) in [5, 5.41) is 0. The Morgan fingerprint density at radius 2 is 1.34 bits per heavy atom. The van der Waals surface area contributed by atoms with Crippen molar-refractivity contribution in [3.05, 3.63) is 59.4 Å². The van der Waals surface area contributed by atoms with Gasteiger partial charge in [0.25, 0.3) is 0 Å². The van der Waals surface area contributed by atoms with Crippen molar-refractivity contribution in [2.24, 2.45) is 0 Å². The molecule has 3 rings (SSSR count). The largest absolute Gasteiger partial charge is 0.416 e. The van der Waals surface area contributed by atoms with Gasteiger partial charge in [0.1, 0.15) is 0 Å². The second-order valence-corrected chi connectivity index (χ2v) is 8.64. The molecule has 158 valence electrons. The smallest absolute Gasteiger partial charge is 0.265 e. The maximum atomic E-state index is 13.0. The Labute approximate surface area is 163 Å². The number of hydrogen-bond acceptors (Lipinski definition) is 3. The van der Waals surface area contributed by atoms with Gasteiger partial charge in [-0.15, -0.1) is 0 Å². The van der Waals surface area contributed by atoms with Crippen molar-refractivity contribution >= 4 is 10.0 Å². The molecule has 1 aromatic carbocycles. The zero-order chi connectivity index (χ0) is 21.4. The average Bonchev–Trinajstić information content (AvgIpc) is 2.67. The van der Waals surface area contributed by atoms with Crippen molar-refractivity contribution < 1.29 is 34.8 Å². The van der Waals surface area contributed by atoms with Gasteiger partial charge in [0.15, 0.2) is 0 Å². The van der Waals surface area contributed by atoms with Crippen molar-refractivity contribution in [1.29, 1.82) is 0 Å². The molecule has 2 heterocycles. The molecule has 1 aliphatic heterocycles. The molecule has 0 aliphatic carbocycles. The number of hydrogen-bond donors (Lipinski definition) is 0. The summed E-state index contributed by atoms with van der Waals surface area (Å²) in [4.78, 5) is 2.89. The minimum absolute atomic E-state index is 0.00702. The van der Waals surface area contributed by atoms with E-state index in [-0.39, 0.29) is 37.2 Å². The highest BCUT2D eigenvalue weighted by molar-refractivity contribution is 7.89. The van der Waals surface area contributed by atoms with Crippen LogP contribution in [0.4, 0.5) is 26.3 Å². The zero-order valence-electron chi connectivity index (χ0n) is 14.8. The van der Waals surface area contributed by atoms with Crippen LogP contribution in [0.25, 0.3) is 0 Å². The molecule has 1 aliphatic rings. The van der Waals surface area contributed by atoms with Gasteiger partial charge < -0.3 is 0 Å². The molecule has 0 atom stereocenters. The minimum Gasteiger partial charge on any atom is -0.265 e. The fourth-order valence-electron chi connectivity index (χ4n) is 3.29. The topological polar surface area (TPSA) is 50.3 Å². The number of benzene rings is 1. The van der Waals surface area contributed by atoms with Gasteiger partial charge in [-0.2, -0.15) is 30.6 Å². The monoisotopic (exact) mass is 438 g/mol. The van der Waals surface area contributed by atoms with E-state index in [2.05, 4.69) is 4.98 Å². The van der Waals surface area contributed by atoms with Crippen LogP contribution in [0.15, 0.2) is 47.6 Å². The summed E-state index contributed by atoms with van der Waals surface area (Å²) in [6.45, 7) is -0.0140. The van der Waals surface area contributed by atoms with E-state index < -0.39 is 38.4 Å². The number of piperidine rings is 1. The molecule has 0 unspecified atom stereocenters. The predicted molar refractivity (Wildman–Crippen MR) is 91.4 cm³/mol. The van der Waals surface area contributed by atoms with Crippen LogP contribution in [0.1, 0.15) is 35.4 Å². The first-order chi connectivity index (χ1) is 13.4. The van der Waals surface area contributed by atoms with E-state index in [0.29, 0.717) is 12.8 Å². The van der Waals surface area contributed by atoms with Crippen molar-refractivity contribution in [3.63, 3.8) is 0 Å². The second-order valence-electron chi connectivity index (χ2n) is 6.70. The lowest BCUT2D eigenvalue weighted by Gasteiger charge is -2.31. The van der Waals surface area contributed by atoms with E-state index in [1.807, 2.05) is 0 Å². The van der Waals surface area contributed by atoms with Crippen LogP contribution in [0, 0.1) is 0 Å². The van der Waals surface area contributed by atoms with Crippen molar-refractivity contribution in [1.82, 2.24) is 9.29 Å². The maximum absolute atomic E-state index is 13.0. The van der Waals surface area contributed by atoms with Crippen molar-refractivity contribution in [3.8, 4) is 0 Å². The fraction of sp³-hybridized carbons (Fsp3) is 0.389. The van der Waals surface area contributed by atoms with Crippen LogP contribution in [0.2, 0.25) is 0 Å². The summed E-state index contributed by atoms with van der Waals surface area (Å²) in [7, 11) is -4.51. The van der Waals surface area contributed by atoms with E-state index in [4.69, 9.17) is 0 Å². The number of halogens is 6. The Bertz CT molecular complexity index is 934. The minimum atomic E-state index is -5.11. The van der Waals surface area contributed by atoms with Crippen LogP contribution in [0.5, 0.6) is 0 Å². The molecule has 0 amide bonds. The molecule has 0 bridgehead atoms. The number of alkyl halides is 6. The first-order valence-corrected chi connectivity index (χ1v) is 10.0. The maximum Gasteiger partial charge on any atom is 0.416 e. The van der Waals surface area contributed by atoms with Crippen molar-refractivity contribution in [2.75, 3.05) is 13.1 Å². The SMILES string of the molecule is O=S(=O)(c1cc(C(F)(F)F)cc(C(F)(F)F)c1)N1CCC(c2ccncc2)CC1. The van der Waals surface area contributed by atoms with Crippen molar-refractivity contribution in [2.45, 2.75) is 36.0 Å². The van der Waals surface area contributed by atoms with Gasteiger partial charge >= 0.3 is 12.4 Å². The first-order valence-electron chi connectivity index (χ1n) is 8.58. The highest BCUT2D eigenvalue weighted by Gasteiger charge is 2.39. The van der Waals surface area contributed by atoms with Gasteiger partial charge in [0, 0.05) is 25.5 Å². The van der Waals surface area contributed by atoms with Gasteiger partial charge in [-0.05, 0) is 54.7 Å². The highest BCUT2D eigenvalue weighted by Crippen LogP contribution is 2.38. The Morgan fingerprint density at radius 3 is 1.79 bits per heavy atom. The Balaban J connectivity index is 1.90. The molecule has 0 radical (unpaired) electrons. The lowest BCUT2D eigenvalue weighted by molar-refractivity contribution is -0.143. The average molecular weight is 438 g/mol. The molecule has 0 saturated carbocycles. The summed E-state index contributed by atoms with van der Waals surface area (Å²) in [6.07, 6.45) is -6.23. The molecule has 0 spiro atoms. The van der Waals surface area contributed by atoms with Gasteiger partial charge in [0.2, 0.25) is 10.0 Å². The second kappa shape index (κ2) is 7.60. The van der Waals surface area contributed by atoms with Crippen LogP contribution < -0.4 is 0 Å². The Kier molecular flexibility index (Phi) is 5.65. The Hall–Kier alpha value is -2.14. The molecular weight excluding hydrogens is 422 g/mol. The third kappa shape index (κ3) is 4.72. The van der Waals surface area contributed by atoms with E-state index in [0.717, 1.165) is 9.87 Å². The van der Waals surface area contributed by atoms with Crippen LogP contribution in [-0.2, 0) is 22.4 Å². The number of sulfonamides is 1. The van der Waals surface area contributed by atoms with E-state index >= 15 is 0 Å². The Morgan fingerprint density at radius 1 is 0.862 bits per heavy atom. The molecule has 4 nitrogen and oxygen atoms in total. The van der Waals surface area contributed by atoms with Crippen LogP contribution in [0.3, 0.4) is 0 Å². The summed E-state index contributed by atoms with van der Waals surface area (Å²) in [5.74, 6) is 0.0386. The molecule has 2 aromatic rings. The quantitative estimate of drug-likeness (QED) is 0.654. The number of rotatable bonds is 3. The van der Waals surface area contributed by atoms with Gasteiger partial charge in [-0.25, -0.2) is 8.42 Å². The normalized spacial score (nSPS) is 17.4. The molecule has 0 N–H and O–H groups in total. The van der Waals surface area contributed by atoms with Crippen LogP contribution in [-0.4, -0.2) is 30.8 Å². The number of aromatic nitrogens is 1. The summed E-state index contributed by atoms with van der Waals surface area (Å²) in [6, 6.07) is 3.99. The first kappa shape index (κ1) is 21.6. The van der Waals surface area contributed by atoms with Gasteiger partial charge in [-0.1, -0.05) is 0 Å². The molecule has 11 heteroatoms. The molecular formula is C18H16F6N2O2S. The van der Waals surface area contributed by atoms with E-state index in [1.54, 1.807) is 24.5 Å². The standard InChI is InChI=1S/C18H16F6N2O2S/c19-17(20,21)14-9-15(18(22,23)24)11-16(10-14)29(27,28)26-7-3-13(4-8-26)12-1-5-25-6-2-12/h1-2,5-6,9-11,13H,3-4,7-8H2. The number of nitrogens with zero attached hydrogens (tertiary/aromatic N) is 2. The van der Waals surface area contributed by atoms with E-state index in [1.165, 1.54) is 0 Å². The third-order valence-electron chi connectivity index (χ3n) is 4.83. The number of pyridine rings is 1. The van der Waals surface area contributed by atoms with Gasteiger partial charge in [-0.3, -0.25) is 4.98 Å². The highest BCUT2D eigenvalue weighted by atomic mass is 32.2. The molecule has 1 fully saturated rings. The van der Waals surface area contributed by atoms with E-state index in [9.17, 15) is 34.8 Å².